The zero-order valence-corrected chi connectivity index (χ0v) is 11.8. The number of hydrogen-bond acceptors (Lipinski definition) is 5. The van der Waals surface area contributed by atoms with Crippen molar-refractivity contribution >= 4 is 17.7 Å². The summed E-state index contributed by atoms with van der Waals surface area (Å²) in [5.41, 5.74) is 0.736. The van der Waals surface area contributed by atoms with Gasteiger partial charge in [-0.25, -0.2) is 0 Å². The summed E-state index contributed by atoms with van der Waals surface area (Å²) >= 11 is 0. The van der Waals surface area contributed by atoms with Crippen molar-refractivity contribution in [3.8, 4) is 0 Å². The third kappa shape index (κ3) is 2.80. The van der Waals surface area contributed by atoms with Gasteiger partial charge < -0.3 is 9.80 Å². The molecule has 1 aromatic rings. The van der Waals surface area contributed by atoms with Crippen LogP contribution in [0.2, 0.25) is 0 Å². The van der Waals surface area contributed by atoms with Crippen LogP contribution in [0.1, 0.15) is 23.2 Å². The summed E-state index contributed by atoms with van der Waals surface area (Å²) in [6.07, 6.45) is 2.58. The molecular formula is C14H19N3O3. The van der Waals surface area contributed by atoms with Crippen LogP contribution in [0.3, 0.4) is 0 Å². The molecular weight excluding hydrogens is 258 g/mol. The molecule has 0 saturated carbocycles. The van der Waals surface area contributed by atoms with Crippen LogP contribution in [-0.2, 0) is 0 Å². The van der Waals surface area contributed by atoms with Gasteiger partial charge in [-0.05, 0) is 33.0 Å². The molecule has 0 spiro atoms. The van der Waals surface area contributed by atoms with E-state index in [2.05, 4.69) is 23.9 Å². The Kier molecular flexibility index (Phi) is 4.34. The van der Waals surface area contributed by atoms with Gasteiger partial charge in [0.05, 0.1) is 10.6 Å². The lowest BCUT2D eigenvalue weighted by molar-refractivity contribution is -0.385. The zero-order valence-electron chi connectivity index (χ0n) is 11.8. The number of anilines is 1. The highest BCUT2D eigenvalue weighted by atomic mass is 16.6. The summed E-state index contributed by atoms with van der Waals surface area (Å²) in [6, 6.07) is 5.33. The molecule has 0 unspecified atom stereocenters. The molecule has 108 valence electrons. The molecule has 0 amide bonds. The van der Waals surface area contributed by atoms with Gasteiger partial charge in [-0.15, -0.1) is 0 Å². The molecule has 20 heavy (non-hydrogen) atoms. The van der Waals surface area contributed by atoms with Crippen LogP contribution >= 0.6 is 0 Å². The molecule has 0 atom stereocenters. The van der Waals surface area contributed by atoms with Crippen LogP contribution in [0.25, 0.3) is 0 Å². The number of benzene rings is 1. The van der Waals surface area contributed by atoms with Gasteiger partial charge in [-0.2, -0.15) is 0 Å². The van der Waals surface area contributed by atoms with Crippen LogP contribution in [0.15, 0.2) is 18.2 Å². The Morgan fingerprint density at radius 3 is 2.50 bits per heavy atom. The van der Waals surface area contributed by atoms with E-state index in [9.17, 15) is 14.9 Å². The van der Waals surface area contributed by atoms with Crippen molar-refractivity contribution in [3.05, 3.63) is 33.9 Å². The maximum Gasteiger partial charge on any atom is 0.281 e. The molecule has 0 bridgehead atoms. The lowest BCUT2D eigenvalue weighted by atomic mass is 10.0. The fraction of sp³-hybridized carbons (Fsp3) is 0.500. The Bertz CT molecular complexity index is 508. The van der Waals surface area contributed by atoms with Crippen molar-refractivity contribution in [1.82, 2.24) is 4.90 Å². The molecule has 1 aliphatic rings. The van der Waals surface area contributed by atoms with Crippen LogP contribution in [0, 0.1) is 10.1 Å². The lowest BCUT2D eigenvalue weighted by Gasteiger charge is -2.36. The van der Waals surface area contributed by atoms with Gasteiger partial charge in [0.1, 0.15) is 5.56 Å². The van der Waals surface area contributed by atoms with E-state index in [4.69, 9.17) is 0 Å². The molecule has 2 rings (SSSR count). The Hall–Kier alpha value is -1.95. The van der Waals surface area contributed by atoms with Crippen molar-refractivity contribution in [2.45, 2.75) is 18.9 Å². The Balaban J connectivity index is 2.24. The van der Waals surface area contributed by atoms with Gasteiger partial charge in [0.15, 0.2) is 6.29 Å². The summed E-state index contributed by atoms with van der Waals surface area (Å²) in [5, 5.41) is 11.0. The number of nitro benzene ring substituents is 1. The second kappa shape index (κ2) is 6.00. The van der Waals surface area contributed by atoms with E-state index < -0.39 is 4.92 Å². The van der Waals surface area contributed by atoms with E-state index >= 15 is 0 Å². The number of nitrogens with zero attached hydrogens (tertiary/aromatic N) is 3. The van der Waals surface area contributed by atoms with E-state index in [-0.39, 0.29) is 11.3 Å². The maximum absolute atomic E-state index is 11.2. The van der Waals surface area contributed by atoms with Crippen molar-refractivity contribution in [2.75, 3.05) is 32.1 Å². The largest absolute Gasteiger partial charge is 0.371 e. The van der Waals surface area contributed by atoms with Crippen molar-refractivity contribution < 1.29 is 9.72 Å². The van der Waals surface area contributed by atoms with Gasteiger partial charge in [0, 0.05) is 25.2 Å². The van der Waals surface area contributed by atoms with E-state index in [1.807, 2.05) is 0 Å². The first-order valence-electron chi connectivity index (χ1n) is 6.68. The van der Waals surface area contributed by atoms with Gasteiger partial charge in [0.25, 0.3) is 5.69 Å². The molecule has 1 aliphatic heterocycles. The summed E-state index contributed by atoms with van der Waals surface area (Å²) in [4.78, 5) is 26.0. The molecule has 1 heterocycles. The molecule has 6 heteroatoms. The highest BCUT2D eigenvalue weighted by Gasteiger charge is 2.25. The monoisotopic (exact) mass is 277 g/mol. The summed E-state index contributed by atoms with van der Waals surface area (Å²) in [6.45, 7) is 1.62. The van der Waals surface area contributed by atoms with Gasteiger partial charge in [-0.3, -0.25) is 14.9 Å². The van der Waals surface area contributed by atoms with Crippen LogP contribution < -0.4 is 4.90 Å². The fourth-order valence-electron chi connectivity index (χ4n) is 2.72. The third-order valence-electron chi connectivity index (χ3n) is 3.91. The van der Waals surface area contributed by atoms with Crippen molar-refractivity contribution in [1.29, 1.82) is 0 Å². The van der Waals surface area contributed by atoms with E-state index in [0.717, 1.165) is 25.9 Å². The molecule has 1 fully saturated rings. The minimum absolute atomic E-state index is 0.118. The maximum atomic E-state index is 11.2. The van der Waals surface area contributed by atoms with Gasteiger partial charge in [0.2, 0.25) is 0 Å². The van der Waals surface area contributed by atoms with E-state index in [0.29, 0.717) is 18.0 Å². The molecule has 1 aromatic carbocycles. The van der Waals surface area contributed by atoms with Crippen molar-refractivity contribution in [2.24, 2.45) is 0 Å². The Morgan fingerprint density at radius 2 is 2.00 bits per heavy atom. The third-order valence-corrected chi connectivity index (χ3v) is 3.91. The number of rotatable bonds is 4. The lowest BCUT2D eigenvalue weighted by Crippen LogP contribution is -2.42. The summed E-state index contributed by atoms with van der Waals surface area (Å²) < 4.78 is 0. The summed E-state index contributed by atoms with van der Waals surface area (Å²) in [5.74, 6) is 0. The molecule has 6 nitrogen and oxygen atoms in total. The molecule has 0 N–H and O–H groups in total. The average molecular weight is 277 g/mol. The number of carbonyl (C=O) groups is 1. The number of hydrogen-bond donors (Lipinski definition) is 0. The Labute approximate surface area is 118 Å². The van der Waals surface area contributed by atoms with E-state index in [1.54, 1.807) is 12.1 Å². The highest BCUT2D eigenvalue weighted by molar-refractivity contribution is 5.90. The second-order valence-corrected chi connectivity index (χ2v) is 5.27. The molecule has 0 aliphatic carbocycles. The van der Waals surface area contributed by atoms with Gasteiger partial charge >= 0.3 is 0 Å². The molecule has 0 radical (unpaired) electrons. The topological polar surface area (TPSA) is 66.7 Å². The van der Waals surface area contributed by atoms with Crippen LogP contribution in [0.5, 0.6) is 0 Å². The zero-order chi connectivity index (χ0) is 14.7. The highest BCUT2D eigenvalue weighted by Crippen LogP contribution is 2.30. The first kappa shape index (κ1) is 14.5. The van der Waals surface area contributed by atoms with E-state index in [1.165, 1.54) is 6.07 Å². The molecule has 1 saturated heterocycles. The summed E-state index contributed by atoms with van der Waals surface area (Å²) in [7, 11) is 4.12. The number of nitro groups is 1. The quantitative estimate of drug-likeness (QED) is 0.478. The minimum atomic E-state index is -0.500. The van der Waals surface area contributed by atoms with Crippen LogP contribution in [0.4, 0.5) is 11.4 Å². The fourth-order valence-corrected chi connectivity index (χ4v) is 2.72. The number of carbonyl (C=O) groups excluding carboxylic acids is 1. The number of aldehydes is 1. The second-order valence-electron chi connectivity index (χ2n) is 5.27. The van der Waals surface area contributed by atoms with Crippen LogP contribution in [-0.4, -0.2) is 49.3 Å². The Morgan fingerprint density at radius 1 is 1.35 bits per heavy atom. The smallest absolute Gasteiger partial charge is 0.281 e. The predicted octanol–water partition coefficient (Wildman–Crippen LogP) is 1.94. The normalized spacial score (nSPS) is 16.4. The minimum Gasteiger partial charge on any atom is -0.371 e. The number of piperidine rings is 1. The van der Waals surface area contributed by atoms with Gasteiger partial charge in [-0.1, -0.05) is 6.07 Å². The van der Waals surface area contributed by atoms with Crippen molar-refractivity contribution in [3.63, 3.8) is 0 Å². The SMILES string of the molecule is CN(C)C1CCN(c2cccc([N+](=O)[O-])c2C=O)CC1. The standard InChI is InChI=1S/C14H19N3O3/c1-15(2)11-6-8-16(9-7-11)13-4-3-5-14(17(19)20)12(13)10-18/h3-5,10-11H,6-9H2,1-2H3. The molecule has 0 aromatic heterocycles. The first-order valence-corrected chi connectivity index (χ1v) is 6.68. The average Bonchev–Trinajstić information content (AvgIpc) is 2.46. The first-order chi connectivity index (χ1) is 9.54. The predicted molar refractivity (Wildman–Crippen MR) is 77.4 cm³/mol.